The molecule has 1 aliphatic heterocycles. The molecule has 3 heteroatoms. The molecule has 0 bridgehead atoms. The molecule has 1 heterocycles. The summed E-state index contributed by atoms with van der Waals surface area (Å²) in [4.78, 5) is 14.7. The number of carbonyl (C=O) groups excluding carboxylic acids is 1. The molecule has 2 fully saturated rings. The summed E-state index contributed by atoms with van der Waals surface area (Å²) < 4.78 is 5.26. The van der Waals surface area contributed by atoms with Crippen LogP contribution in [-0.2, 0) is 15.1 Å². The van der Waals surface area contributed by atoms with Crippen molar-refractivity contribution in [1.82, 2.24) is 0 Å². The molecule has 1 aliphatic carbocycles. The van der Waals surface area contributed by atoms with E-state index in [1.807, 2.05) is 12.1 Å². The first-order valence-corrected chi connectivity index (χ1v) is 6.12. The van der Waals surface area contributed by atoms with E-state index in [1.165, 1.54) is 11.1 Å². The van der Waals surface area contributed by atoms with Crippen molar-refractivity contribution in [2.75, 3.05) is 13.2 Å². The van der Waals surface area contributed by atoms with Crippen molar-refractivity contribution in [3.63, 3.8) is 0 Å². The van der Waals surface area contributed by atoms with Crippen LogP contribution in [0.25, 0.3) is 0 Å². The maximum atomic E-state index is 10.6. The van der Waals surface area contributed by atoms with Gasteiger partial charge in [0.05, 0.1) is 18.8 Å². The fourth-order valence-corrected chi connectivity index (χ4v) is 2.73. The highest BCUT2D eigenvalue weighted by Crippen LogP contribution is 2.47. The average molecular weight is 229 g/mol. The number of rotatable bonds is 3. The van der Waals surface area contributed by atoms with Gasteiger partial charge in [0.25, 0.3) is 0 Å². The first-order chi connectivity index (χ1) is 8.36. The molecule has 1 aromatic rings. The topological polar surface area (TPSA) is 38.7 Å². The zero-order chi connectivity index (χ0) is 11.7. The van der Waals surface area contributed by atoms with E-state index in [-0.39, 0.29) is 5.54 Å². The van der Waals surface area contributed by atoms with Gasteiger partial charge in [-0.25, -0.2) is 4.79 Å². The average Bonchev–Trinajstić information content (AvgIpc) is 2.22. The predicted octanol–water partition coefficient (Wildman–Crippen LogP) is 2.52. The lowest BCUT2D eigenvalue weighted by Crippen LogP contribution is -2.35. The number of aliphatic imine (C=N–C) groups is 1. The first kappa shape index (κ1) is 10.7. The zero-order valence-corrected chi connectivity index (χ0v) is 9.69. The van der Waals surface area contributed by atoms with Crippen LogP contribution in [0.1, 0.15) is 36.3 Å². The van der Waals surface area contributed by atoms with E-state index in [2.05, 4.69) is 17.1 Å². The summed E-state index contributed by atoms with van der Waals surface area (Å²) in [6, 6.07) is 8.32. The second-order valence-corrected chi connectivity index (χ2v) is 4.91. The van der Waals surface area contributed by atoms with E-state index in [0.717, 1.165) is 32.5 Å². The molecule has 1 saturated carbocycles. The normalized spacial score (nSPS) is 22.1. The minimum absolute atomic E-state index is 0.284. The SMILES string of the molecule is O=C=NC1(c2ccccc2C2COC2)CCC1. The zero-order valence-electron chi connectivity index (χ0n) is 9.69. The van der Waals surface area contributed by atoms with Gasteiger partial charge >= 0.3 is 0 Å². The molecule has 1 aromatic carbocycles. The van der Waals surface area contributed by atoms with Crippen LogP contribution in [0.3, 0.4) is 0 Å². The van der Waals surface area contributed by atoms with Crippen LogP contribution in [0.5, 0.6) is 0 Å². The number of ether oxygens (including phenoxy) is 1. The minimum atomic E-state index is -0.284. The van der Waals surface area contributed by atoms with E-state index in [9.17, 15) is 4.79 Å². The van der Waals surface area contributed by atoms with Crippen molar-refractivity contribution in [2.24, 2.45) is 4.99 Å². The lowest BCUT2D eigenvalue weighted by molar-refractivity contribution is 0.00728. The third kappa shape index (κ3) is 1.63. The molecule has 17 heavy (non-hydrogen) atoms. The van der Waals surface area contributed by atoms with Crippen molar-refractivity contribution < 1.29 is 9.53 Å². The summed E-state index contributed by atoms with van der Waals surface area (Å²) in [6.45, 7) is 1.58. The summed E-state index contributed by atoms with van der Waals surface area (Å²) >= 11 is 0. The summed E-state index contributed by atoms with van der Waals surface area (Å²) in [5.41, 5.74) is 2.23. The number of hydrogen-bond acceptors (Lipinski definition) is 3. The summed E-state index contributed by atoms with van der Waals surface area (Å²) in [5.74, 6) is 0.477. The van der Waals surface area contributed by atoms with E-state index in [4.69, 9.17) is 4.74 Å². The van der Waals surface area contributed by atoms with Gasteiger partial charge in [0.2, 0.25) is 6.08 Å². The molecule has 3 rings (SSSR count). The van der Waals surface area contributed by atoms with Crippen LogP contribution >= 0.6 is 0 Å². The summed E-state index contributed by atoms with van der Waals surface area (Å²) in [6.07, 6.45) is 4.82. The Bertz CT molecular complexity index is 469. The number of benzene rings is 1. The molecule has 0 N–H and O–H groups in total. The van der Waals surface area contributed by atoms with Crippen LogP contribution in [0.4, 0.5) is 0 Å². The summed E-state index contributed by atoms with van der Waals surface area (Å²) in [7, 11) is 0. The van der Waals surface area contributed by atoms with E-state index in [0.29, 0.717) is 5.92 Å². The van der Waals surface area contributed by atoms with Gasteiger partial charge < -0.3 is 4.74 Å². The molecule has 1 saturated heterocycles. The second kappa shape index (κ2) is 4.10. The fraction of sp³-hybridized carbons (Fsp3) is 0.500. The van der Waals surface area contributed by atoms with Crippen LogP contribution in [0.15, 0.2) is 29.3 Å². The van der Waals surface area contributed by atoms with E-state index in [1.54, 1.807) is 6.08 Å². The Hall–Kier alpha value is -1.44. The molecular weight excluding hydrogens is 214 g/mol. The molecule has 0 amide bonds. The quantitative estimate of drug-likeness (QED) is 0.590. The van der Waals surface area contributed by atoms with Crippen LogP contribution < -0.4 is 0 Å². The van der Waals surface area contributed by atoms with Crippen molar-refractivity contribution in [3.05, 3.63) is 35.4 Å². The highest BCUT2D eigenvalue weighted by Gasteiger charge is 2.41. The van der Waals surface area contributed by atoms with Gasteiger partial charge in [0, 0.05) is 5.92 Å². The highest BCUT2D eigenvalue weighted by molar-refractivity contribution is 5.44. The van der Waals surface area contributed by atoms with E-state index < -0.39 is 0 Å². The first-order valence-electron chi connectivity index (χ1n) is 6.12. The van der Waals surface area contributed by atoms with Gasteiger partial charge in [-0.15, -0.1) is 0 Å². The molecule has 0 radical (unpaired) electrons. The Morgan fingerprint density at radius 2 is 2.06 bits per heavy atom. The number of isocyanates is 1. The van der Waals surface area contributed by atoms with Crippen molar-refractivity contribution >= 4 is 6.08 Å². The Morgan fingerprint density at radius 1 is 1.29 bits per heavy atom. The molecule has 0 unspecified atom stereocenters. The van der Waals surface area contributed by atoms with Gasteiger partial charge in [-0.05, 0) is 30.4 Å². The number of nitrogens with zero attached hydrogens (tertiary/aromatic N) is 1. The lowest BCUT2D eigenvalue weighted by Gasteiger charge is -2.40. The standard InChI is InChI=1S/C14H15NO2/c16-10-15-14(6-3-7-14)13-5-2-1-4-12(13)11-8-17-9-11/h1-2,4-5,11H,3,6-9H2. The molecule has 0 atom stereocenters. The summed E-state index contributed by atoms with van der Waals surface area (Å²) in [5, 5.41) is 0. The monoisotopic (exact) mass is 229 g/mol. The lowest BCUT2D eigenvalue weighted by atomic mass is 9.69. The maximum absolute atomic E-state index is 10.6. The molecule has 0 aromatic heterocycles. The minimum Gasteiger partial charge on any atom is -0.380 e. The number of hydrogen-bond donors (Lipinski definition) is 0. The van der Waals surface area contributed by atoms with Gasteiger partial charge in [-0.3, -0.25) is 0 Å². The van der Waals surface area contributed by atoms with Gasteiger partial charge in [-0.2, -0.15) is 4.99 Å². The van der Waals surface area contributed by atoms with Crippen LogP contribution in [0, 0.1) is 0 Å². The smallest absolute Gasteiger partial charge is 0.235 e. The molecule has 2 aliphatic rings. The third-order valence-electron chi connectivity index (χ3n) is 3.98. The highest BCUT2D eigenvalue weighted by atomic mass is 16.5. The largest absolute Gasteiger partial charge is 0.380 e. The predicted molar refractivity (Wildman–Crippen MR) is 63.7 cm³/mol. The van der Waals surface area contributed by atoms with Crippen molar-refractivity contribution in [1.29, 1.82) is 0 Å². The Morgan fingerprint density at radius 3 is 2.59 bits per heavy atom. The van der Waals surface area contributed by atoms with Crippen LogP contribution in [-0.4, -0.2) is 19.3 Å². The van der Waals surface area contributed by atoms with Gasteiger partial charge in [0.15, 0.2) is 0 Å². The molecule has 88 valence electrons. The van der Waals surface area contributed by atoms with Crippen molar-refractivity contribution in [3.8, 4) is 0 Å². The Balaban J connectivity index is 2.03. The fourth-order valence-electron chi connectivity index (χ4n) is 2.73. The van der Waals surface area contributed by atoms with Gasteiger partial charge in [0.1, 0.15) is 0 Å². The van der Waals surface area contributed by atoms with Crippen molar-refractivity contribution in [2.45, 2.75) is 30.7 Å². The Kier molecular flexibility index (Phi) is 2.58. The molecule has 3 nitrogen and oxygen atoms in total. The van der Waals surface area contributed by atoms with Gasteiger partial charge in [-0.1, -0.05) is 24.3 Å². The third-order valence-corrected chi connectivity index (χ3v) is 3.98. The second-order valence-electron chi connectivity index (χ2n) is 4.91. The van der Waals surface area contributed by atoms with E-state index >= 15 is 0 Å². The maximum Gasteiger partial charge on any atom is 0.235 e. The molecular formula is C14H15NO2. The van der Waals surface area contributed by atoms with Crippen LogP contribution in [0.2, 0.25) is 0 Å². The molecule has 0 spiro atoms. The Labute approximate surface area is 101 Å².